The molecular formula is C28H24O3. The van der Waals surface area contributed by atoms with Crippen molar-refractivity contribution < 1.29 is 14.6 Å². The summed E-state index contributed by atoms with van der Waals surface area (Å²) in [6.07, 6.45) is -0.564. The third kappa shape index (κ3) is 5.34. The zero-order chi connectivity index (χ0) is 21.5. The number of carbonyl (C=O) groups excluding carboxylic acids is 1. The molecule has 0 aromatic heterocycles. The van der Waals surface area contributed by atoms with E-state index in [0.29, 0.717) is 11.1 Å². The SMILES string of the molecule is O=C(c1ccccc1)C(O)c1ccccc1.c1ccc(C2OC2c2ccccc2)cc1. The molecule has 0 saturated carbocycles. The second-order valence-electron chi connectivity index (χ2n) is 7.34. The molecule has 1 heterocycles. The number of benzene rings is 4. The minimum absolute atomic E-state index is 0.258. The van der Waals surface area contributed by atoms with Crippen LogP contribution < -0.4 is 0 Å². The van der Waals surface area contributed by atoms with Crippen molar-refractivity contribution >= 4 is 5.78 Å². The van der Waals surface area contributed by atoms with Gasteiger partial charge in [0.15, 0.2) is 5.78 Å². The summed E-state index contributed by atoms with van der Waals surface area (Å²) in [5, 5.41) is 9.89. The normalized spacial score (nSPS) is 17.7. The first-order valence-corrected chi connectivity index (χ1v) is 10.3. The second-order valence-corrected chi connectivity index (χ2v) is 7.34. The van der Waals surface area contributed by atoms with Gasteiger partial charge in [0.2, 0.25) is 0 Å². The summed E-state index contributed by atoms with van der Waals surface area (Å²) in [5.74, 6) is -0.271. The van der Waals surface area contributed by atoms with E-state index in [9.17, 15) is 9.90 Å². The molecule has 1 aliphatic rings. The van der Waals surface area contributed by atoms with Crippen LogP contribution in [0.25, 0.3) is 0 Å². The lowest BCUT2D eigenvalue weighted by Crippen LogP contribution is -2.11. The Balaban J connectivity index is 0.000000149. The molecule has 3 nitrogen and oxygen atoms in total. The number of carbonyl (C=O) groups is 1. The van der Waals surface area contributed by atoms with Gasteiger partial charge in [-0.1, -0.05) is 121 Å². The maximum atomic E-state index is 11.9. The van der Waals surface area contributed by atoms with E-state index in [1.54, 1.807) is 48.5 Å². The summed E-state index contributed by atoms with van der Waals surface area (Å²) in [6, 6.07) is 38.5. The van der Waals surface area contributed by atoms with E-state index in [2.05, 4.69) is 48.5 Å². The molecule has 3 atom stereocenters. The van der Waals surface area contributed by atoms with Gasteiger partial charge in [-0.3, -0.25) is 4.79 Å². The molecule has 1 aliphatic heterocycles. The van der Waals surface area contributed by atoms with Crippen molar-refractivity contribution in [2.24, 2.45) is 0 Å². The van der Waals surface area contributed by atoms with E-state index in [-0.39, 0.29) is 18.0 Å². The smallest absolute Gasteiger partial charge is 0.195 e. The Labute approximate surface area is 182 Å². The first-order valence-electron chi connectivity index (χ1n) is 10.3. The maximum absolute atomic E-state index is 11.9. The minimum atomic E-state index is -1.08. The second kappa shape index (κ2) is 9.98. The number of hydrogen-bond donors (Lipinski definition) is 1. The molecular weight excluding hydrogens is 384 g/mol. The first-order chi connectivity index (χ1) is 15.2. The van der Waals surface area contributed by atoms with Gasteiger partial charge in [0, 0.05) is 5.56 Å². The number of aliphatic hydroxyl groups is 1. The van der Waals surface area contributed by atoms with Gasteiger partial charge in [-0.15, -0.1) is 0 Å². The Kier molecular flexibility index (Phi) is 6.68. The van der Waals surface area contributed by atoms with E-state index < -0.39 is 6.10 Å². The highest BCUT2D eigenvalue weighted by Gasteiger charge is 2.40. The highest BCUT2D eigenvalue weighted by molar-refractivity contribution is 5.99. The average molecular weight is 408 g/mol. The Morgan fingerprint density at radius 3 is 1.45 bits per heavy atom. The quantitative estimate of drug-likeness (QED) is 0.320. The summed E-state index contributed by atoms with van der Waals surface area (Å²) in [4.78, 5) is 11.9. The van der Waals surface area contributed by atoms with Crippen LogP contribution in [0.4, 0.5) is 0 Å². The largest absolute Gasteiger partial charge is 0.380 e. The molecule has 0 radical (unpaired) electrons. The third-order valence-electron chi connectivity index (χ3n) is 5.17. The monoisotopic (exact) mass is 408 g/mol. The van der Waals surface area contributed by atoms with Crippen LogP contribution in [0.1, 0.15) is 45.4 Å². The van der Waals surface area contributed by atoms with Gasteiger partial charge in [0.25, 0.3) is 0 Å². The molecule has 1 N–H and O–H groups in total. The fourth-order valence-corrected chi connectivity index (χ4v) is 3.45. The van der Waals surface area contributed by atoms with Crippen molar-refractivity contribution in [3.05, 3.63) is 144 Å². The van der Waals surface area contributed by atoms with Crippen LogP contribution in [0, 0.1) is 0 Å². The van der Waals surface area contributed by atoms with Crippen molar-refractivity contribution in [1.29, 1.82) is 0 Å². The molecule has 4 aromatic carbocycles. The van der Waals surface area contributed by atoms with Crippen LogP contribution >= 0.6 is 0 Å². The summed E-state index contributed by atoms with van der Waals surface area (Å²) in [7, 11) is 0. The highest BCUT2D eigenvalue weighted by Crippen LogP contribution is 2.50. The van der Waals surface area contributed by atoms with Crippen molar-refractivity contribution in [2.45, 2.75) is 18.3 Å². The first kappa shape index (κ1) is 20.7. The average Bonchev–Trinajstić information content (AvgIpc) is 3.67. The van der Waals surface area contributed by atoms with Crippen molar-refractivity contribution in [3.8, 4) is 0 Å². The van der Waals surface area contributed by atoms with E-state index in [0.717, 1.165) is 0 Å². The molecule has 4 aromatic rings. The minimum Gasteiger partial charge on any atom is -0.380 e. The van der Waals surface area contributed by atoms with E-state index in [1.807, 2.05) is 24.3 Å². The van der Waals surface area contributed by atoms with E-state index >= 15 is 0 Å². The lowest BCUT2D eigenvalue weighted by Gasteiger charge is -2.09. The van der Waals surface area contributed by atoms with Crippen molar-refractivity contribution in [1.82, 2.24) is 0 Å². The van der Waals surface area contributed by atoms with Gasteiger partial charge in [0.05, 0.1) is 0 Å². The third-order valence-corrected chi connectivity index (χ3v) is 5.17. The zero-order valence-corrected chi connectivity index (χ0v) is 17.0. The Morgan fingerprint density at radius 2 is 1.00 bits per heavy atom. The summed E-state index contributed by atoms with van der Waals surface area (Å²) >= 11 is 0. The van der Waals surface area contributed by atoms with Gasteiger partial charge in [-0.05, 0) is 16.7 Å². The molecule has 0 bridgehead atoms. The molecule has 31 heavy (non-hydrogen) atoms. The molecule has 0 aliphatic carbocycles. The molecule has 1 fully saturated rings. The van der Waals surface area contributed by atoms with E-state index in [1.165, 1.54) is 11.1 Å². The van der Waals surface area contributed by atoms with Crippen LogP contribution in [-0.2, 0) is 4.74 Å². The van der Waals surface area contributed by atoms with Crippen LogP contribution in [0.5, 0.6) is 0 Å². The van der Waals surface area contributed by atoms with Crippen LogP contribution in [0.3, 0.4) is 0 Å². The number of epoxide rings is 1. The summed E-state index contributed by atoms with van der Waals surface area (Å²) < 4.78 is 5.69. The summed E-state index contributed by atoms with van der Waals surface area (Å²) in [6.45, 7) is 0. The van der Waals surface area contributed by atoms with Crippen LogP contribution in [-0.4, -0.2) is 10.9 Å². The Bertz CT molecular complexity index is 1040. The molecule has 154 valence electrons. The molecule has 5 rings (SSSR count). The molecule has 3 heteroatoms. The van der Waals surface area contributed by atoms with Crippen molar-refractivity contribution in [2.75, 3.05) is 0 Å². The lowest BCUT2D eigenvalue weighted by atomic mass is 10.0. The fourth-order valence-electron chi connectivity index (χ4n) is 3.45. The topological polar surface area (TPSA) is 49.8 Å². The Morgan fingerprint density at radius 1 is 0.613 bits per heavy atom. The molecule has 1 saturated heterocycles. The maximum Gasteiger partial charge on any atom is 0.195 e. The fraction of sp³-hybridized carbons (Fsp3) is 0.107. The standard InChI is InChI=1S/C14H12O2.C14H12O/c15-13(11-7-3-1-4-8-11)14(16)12-9-5-2-6-10-12;1-3-7-11(8-4-1)13-14(15-13)12-9-5-2-6-10-12/h1-10,13,15H;1-10,13-14H. The molecule has 3 unspecified atom stereocenters. The number of Topliss-reactive ketones (excluding diaryl/α,β-unsaturated/α-hetero) is 1. The van der Waals surface area contributed by atoms with Crippen molar-refractivity contribution in [3.63, 3.8) is 0 Å². The number of ketones is 1. The van der Waals surface area contributed by atoms with Crippen LogP contribution in [0.2, 0.25) is 0 Å². The number of aliphatic hydroxyl groups excluding tert-OH is 1. The van der Waals surface area contributed by atoms with Gasteiger partial charge in [-0.25, -0.2) is 0 Å². The number of ether oxygens (including phenoxy) is 1. The summed E-state index contributed by atoms with van der Waals surface area (Å²) in [5.41, 5.74) is 3.69. The van der Waals surface area contributed by atoms with Gasteiger partial charge in [0.1, 0.15) is 18.3 Å². The lowest BCUT2D eigenvalue weighted by molar-refractivity contribution is 0.0747. The van der Waals surface area contributed by atoms with Gasteiger partial charge >= 0.3 is 0 Å². The van der Waals surface area contributed by atoms with Gasteiger partial charge < -0.3 is 9.84 Å². The van der Waals surface area contributed by atoms with Gasteiger partial charge in [-0.2, -0.15) is 0 Å². The predicted molar refractivity (Wildman–Crippen MR) is 122 cm³/mol. The molecule has 0 spiro atoms. The number of hydrogen-bond acceptors (Lipinski definition) is 3. The van der Waals surface area contributed by atoms with E-state index in [4.69, 9.17) is 4.74 Å². The number of rotatable bonds is 5. The molecule has 0 amide bonds. The zero-order valence-electron chi connectivity index (χ0n) is 17.0. The van der Waals surface area contributed by atoms with Crippen LogP contribution in [0.15, 0.2) is 121 Å². The predicted octanol–water partition coefficient (Wildman–Crippen LogP) is 6.10. The highest BCUT2D eigenvalue weighted by atomic mass is 16.6. The Hall–Kier alpha value is -3.53.